The highest BCUT2D eigenvalue weighted by atomic mass is 16.5. The largest absolute Gasteiger partial charge is 0.502 e. The second-order valence-electron chi connectivity index (χ2n) is 4.96. The van der Waals surface area contributed by atoms with Crippen LogP contribution in [0.15, 0.2) is 77.7 Å². The Morgan fingerprint density at radius 2 is 1.54 bits per heavy atom. The Balaban J connectivity index is 1.79. The van der Waals surface area contributed by atoms with E-state index in [9.17, 15) is 4.79 Å². The molecular weight excluding hydrogens is 304 g/mol. The van der Waals surface area contributed by atoms with E-state index >= 15 is 0 Å². The first-order chi connectivity index (χ1) is 11.8. The normalized spacial score (nSPS) is 10.5. The van der Waals surface area contributed by atoms with Gasteiger partial charge in [0.1, 0.15) is 0 Å². The molecule has 2 rings (SSSR count). The molecule has 5 nitrogen and oxygen atoms in total. The summed E-state index contributed by atoms with van der Waals surface area (Å²) < 4.78 is 10.2. The zero-order valence-corrected chi connectivity index (χ0v) is 13.4. The molecule has 2 aromatic carbocycles. The number of hydrogen-bond acceptors (Lipinski definition) is 5. The molecule has 0 spiro atoms. The third-order valence-corrected chi connectivity index (χ3v) is 3.15. The minimum atomic E-state index is -0.341. The number of azo groups is 1. The van der Waals surface area contributed by atoms with Crippen molar-refractivity contribution >= 4 is 17.3 Å². The quantitative estimate of drug-likeness (QED) is 0.276. The van der Waals surface area contributed by atoms with Crippen molar-refractivity contribution in [2.75, 3.05) is 13.2 Å². The van der Waals surface area contributed by atoms with Gasteiger partial charge < -0.3 is 9.47 Å². The molecule has 0 aliphatic rings. The lowest BCUT2D eigenvalue weighted by Gasteiger charge is -2.05. The minimum Gasteiger partial charge on any atom is -0.502 e. The highest BCUT2D eigenvalue weighted by Crippen LogP contribution is 2.18. The SMILES string of the molecule is C=COCCCCOC(=O)c1ccc(N=Nc2ccccc2)cc1. The maximum Gasteiger partial charge on any atom is 0.338 e. The van der Waals surface area contributed by atoms with Crippen LogP contribution >= 0.6 is 0 Å². The number of hydrogen-bond donors (Lipinski definition) is 0. The molecule has 0 saturated heterocycles. The molecule has 124 valence electrons. The lowest BCUT2D eigenvalue weighted by molar-refractivity contribution is 0.0492. The van der Waals surface area contributed by atoms with Gasteiger partial charge in [0.25, 0.3) is 0 Å². The second kappa shape index (κ2) is 9.94. The molecule has 5 heteroatoms. The van der Waals surface area contributed by atoms with Crippen molar-refractivity contribution < 1.29 is 14.3 Å². The Morgan fingerprint density at radius 3 is 2.21 bits per heavy atom. The van der Waals surface area contributed by atoms with Gasteiger partial charge in [0.2, 0.25) is 0 Å². The fraction of sp³-hybridized carbons (Fsp3) is 0.211. The highest BCUT2D eigenvalue weighted by molar-refractivity contribution is 5.89. The number of benzene rings is 2. The first kappa shape index (κ1) is 17.4. The highest BCUT2D eigenvalue weighted by Gasteiger charge is 2.06. The molecule has 0 radical (unpaired) electrons. The van der Waals surface area contributed by atoms with E-state index in [-0.39, 0.29) is 5.97 Å². The number of esters is 1. The van der Waals surface area contributed by atoms with Crippen molar-refractivity contribution in [3.8, 4) is 0 Å². The molecule has 0 saturated carbocycles. The first-order valence-corrected chi connectivity index (χ1v) is 7.76. The summed E-state index contributed by atoms with van der Waals surface area (Å²) in [5, 5.41) is 8.26. The van der Waals surface area contributed by atoms with E-state index in [1.165, 1.54) is 6.26 Å². The van der Waals surface area contributed by atoms with Crippen molar-refractivity contribution in [3.63, 3.8) is 0 Å². The second-order valence-corrected chi connectivity index (χ2v) is 4.96. The summed E-state index contributed by atoms with van der Waals surface area (Å²) in [7, 11) is 0. The molecule has 2 aromatic rings. The van der Waals surface area contributed by atoms with E-state index in [1.807, 2.05) is 30.3 Å². The van der Waals surface area contributed by atoms with Crippen LogP contribution in [-0.2, 0) is 9.47 Å². The van der Waals surface area contributed by atoms with Gasteiger partial charge in [-0.1, -0.05) is 24.8 Å². The van der Waals surface area contributed by atoms with E-state index in [0.29, 0.717) is 24.5 Å². The van der Waals surface area contributed by atoms with Gasteiger partial charge in [-0.15, -0.1) is 0 Å². The zero-order valence-electron chi connectivity index (χ0n) is 13.4. The summed E-state index contributed by atoms with van der Waals surface area (Å²) in [6.45, 7) is 4.42. The van der Waals surface area contributed by atoms with Crippen molar-refractivity contribution in [2.45, 2.75) is 12.8 Å². The van der Waals surface area contributed by atoms with Crippen LogP contribution in [0.25, 0.3) is 0 Å². The van der Waals surface area contributed by atoms with Crippen LogP contribution in [0, 0.1) is 0 Å². The summed E-state index contributed by atoms with van der Waals surface area (Å²) in [4.78, 5) is 11.9. The van der Waals surface area contributed by atoms with Gasteiger partial charge in [0, 0.05) is 0 Å². The molecule has 0 N–H and O–H groups in total. The topological polar surface area (TPSA) is 60.2 Å². The lowest BCUT2D eigenvalue weighted by Crippen LogP contribution is -2.06. The van der Waals surface area contributed by atoms with Crippen LogP contribution in [0.5, 0.6) is 0 Å². The van der Waals surface area contributed by atoms with Gasteiger partial charge in [0.15, 0.2) is 0 Å². The van der Waals surface area contributed by atoms with Gasteiger partial charge in [0.05, 0.1) is 36.4 Å². The monoisotopic (exact) mass is 324 g/mol. The molecule has 0 aliphatic carbocycles. The van der Waals surface area contributed by atoms with Crippen molar-refractivity contribution in [1.82, 2.24) is 0 Å². The maximum atomic E-state index is 11.9. The molecular formula is C19H20N2O3. The molecule has 24 heavy (non-hydrogen) atoms. The third kappa shape index (κ3) is 6.04. The van der Waals surface area contributed by atoms with Crippen molar-refractivity contribution in [1.29, 1.82) is 0 Å². The van der Waals surface area contributed by atoms with Crippen molar-refractivity contribution in [2.24, 2.45) is 10.2 Å². The van der Waals surface area contributed by atoms with Crippen LogP contribution in [0.1, 0.15) is 23.2 Å². The number of carbonyl (C=O) groups excluding carboxylic acids is 1. The van der Waals surface area contributed by atoms with E-state index in [2.05, 4.69) is 16.8 Å². The van der Waals surface area contributed by atoms with Crippen LogP contribution in [-0.4, -0.2) is 19.2 Å². The Morgan fingerprint density at radius 1 is 0.917 bits per heavy atom. The van der Waals surface area contributed by atoms with Gasteiger partial charge in [-0.25, -0.2) is 4.79 Å². The smallest absolute Gasteiger partial charge is 0.338 e. The summed E-state index contributed by atoms with van der Waals surface area (Å²) in [6.07, 6.45) is 2.98. The molecule has 0 amide bonds. The van der Waals surface area contributed by atoms with E-state index in [0.717, 1.165) is 18.5 Å². The average Bonchev–Trinajstić information content (AvgIpc) is 2.64. The zero-order chi connectivity index (χ0) is 17.0. The maximum absolute atomic E-state index is 11.9. The van der Waals surface area contributed by atoms with Crippen molar-refractivity contribution in [3.05, 3.63) is 73.0 Å². The van der Waals surface area contributed by atoms with Gasteiger partial charge >= 0.3 is 5.97 Å². The number of carbonyl (C=O) groups is 1. The van der Waals surface area contributed by atoms with Gasteiger partial charge in [-0.3, -0.25) is 0 Å². The Kier molecular flexibility index (Phi) is 7.21. The lowest BCUT2D eigenvalue weighted by atomic mass is 10.2. The Hall–Kier alpha value is -2.95. The third-order valence-electron chi connectivity index (χ3n) is 3.15. The van der Waals surface area contributed by atoms with Crippen LogP contribution in [0.2, 0.25) is 0 Å². The van der Waals surface area contributed by atoms with Gasteiger partial charge in [-0.05, 0) is 49.2 Å². The predicted octanol–water partition coefficient (Wildman–Crippen LogP) is 5.20. The average molecular weight is 324 g/mol. The van der Waals surface area contributed by atoms with E-state index in [4.69, 9.17) is 9.47 Å². The van der Waals surface area contributed by atoms with Crippen LogP contribution in [0.4, 0.5) is 11.4 Å². The summed E-state index contributed by atoms with van der Waals surface area (Å²) in [6, 6.07) is 16.3. The Bertz CT molecular complexity index is 667. The molecule has 0 fully saturated rings. The van der Waals surface area contributed by atoms with Crippen LogP contribution < -0.4 is 0 Å². The number of rotatable bonds is 9. The Labute approximate surface area is 141 Å². The predicted molar refractivity (Wildman–Crippen MR) is 92.7 cm³/mol. The first-order valence-electron chi connectivity index (χ1n) is 7.76. The molecule has 0 atom stereocenters. The fourth-order valence-corrected chi connectivity index (χ4v) is 1.89. The summed E-state index contributed by atoms with van der Waals surface area (Å²) in [5.74, 6) is -0.341. The van der Waals surface area contributed by atoms with E-state index < -0.39 is 0 Å². The molecule has 0 aromatic heterocycles. The number of ether oxygens (including phenoxy) is 2. The minimum absolute atomic E-state index is 0.341. The molecule has 0 aliphatic heterocycles. The van der Waals surface area contributed by atoms with Gasteiger partial charge in [-0.2, -0.15) is 10.2 Å². The summed E-state index contributed by atoms with van der Waals surface area (Å²) >= 11 is 0. The molecule has 0 unspecified atom stereocenters. The molecule has 0 bridgehead atoms. The fourth-order valence-electron chi connectivity index (χ4n) is 1.89. The number of nitrogens with zero attached hydrogens (tertiary/aromatic N) is 2. The van der Waals surface area contributed by atoms with E-state index in [1.54, 1.807) is 24.3 Å². The summed E-state index contributed by atoms with van der Waals surface area (Å²) in [5.41, 5.74) is 1.95. The van der Waals surface area contributed by atoms with Crippen LogP contribution in [0.3, 0.4) is 0 Å². The molecule has 0 heterocycles. The standard InChI is InChI=1S/C19H20N2O3/c1-2-23-14-6-7-15-24-19(22)16-10-12-18(13-11-16)21-20-17-8-4-3-5-9-17/h2-5,8-13H,1,6-7,14-15H2. The number of unbranched alkanes of at least 4 members (excludes halogenated alkanes) is 1.